The van der Waals surface area contributed by atoms with E-state index in [2.05, 4.69) is 0 Å². The maximum absolute atomic E-state index is 14.3. The first-order valence-corrected chi connectivity index (χ1v) is 17.3. The van der Waals surface area contributed by atoms with Gasteiger partial charge in [0.25, 0.3) is 5.91 Å². The van der Waals surface area contributed by atoms with Crippen LogP contribution in [0.2, 0.25) is 0 Å². The minimum atomic E-state index is -1.71. The second kappa shape index (κ2) is 14.3. The van der Waals surface area contributed by atoms with E-state index in [0.29, 0.717) is 33.2 Å². The van der Waals surface area contributed by atoms with Gasteiger partial charge in [-0.1, -0.05) is 47.4 Å². The summed E-state index contributed by atoms with van der Waals surface area (Å²) in [6, 6.07) is 12.3. The van der Waals surface area contributed by atoms with Crippen LogP contribution in [0, 0.1) is 0 Å². The predicted molar refractivity (Wildman–Crippen MR) is 191 cm³/mol. The number of carbonyl (C=O) groups is 5. The third-order valence-electron chi connectivity index (χ3n) is 8.10. The van der Waals surface area contributed by atoms with Gasteiger partial charge in [0.05, 0.1) is 59.5 Å². The summed E-state index contributed by atoms with van der Waals surface area (Å²) >= 11 is 2.64. The molecule has 0 saturated heterocycles. The molecule has 3 heterocycles. The Bertz CT molecular complexity index is 1900. The second-order valence-electron chi connectivity index (χ2n) is 11.2. The second-order valence-corrected chi connectivity index (χ2v) is 14.9. The number of benzene rings is 2. The van der Waals surface area contributed by atoms with Gasteiger partial charge in [0, 0.05) is 22.1 Å². The molecule has 0 aliphatic carbocycles. The molecule has 12 nitrogen and oxygen atoms in total. The SMILES string of the molecule is COC(=O)C1=C(C(=O)OC)SC2(S1)C(C(=O)OC)=C(C(=O)OC)SC1=C2c2cc(OC)ccc2N(C(=O)C=Cc2ccc(OC)cc2)C1(C)C. The van der Waals surface area contributed by atoms with Crippen molar-refractivity contribution in [1.82, 2.24) is 0 Å². The van der Waals surface area contributed by atoms with Crippen molar-refractivity contribution in [2.75, 3.05) is 47.6 Å². The highest BCUT2D eigenvalue weighted by atomic mass is 32.2. The molecule has 15 heteroatoms. The Labute approximate surface area is 301 Å². The largest absolute Gasteiger partial charge is 0.497 e. The van der Waals surface area contributed by atoms with Gasteiger partial charge in [0.15, 0.2) is 0 Å². The lowest BCUT2D eigenvalue weighted by Gasteiger charge is -2.50. The molecule has 3 aliphatic rings. The maximum atomic E-state index is 14.3. The summed E-state index contributed by atoms with van der Waals surface area (Å²) in [5.41, 5.74) is 0.707. The number of amides is 1. The fourth-order valence-electron chi connectivity index (χ4n) is 5.77. The third-order valence-corrected chi connectivity index (χ3v) is 12.8. The van der Waals surface area contributed by atoms with E-state index in [1.165, 1.54) is 20.3 Å². The molecule has 0 radical (unpaired) electrons. The average Bonchev–Trinajstić information content (AvgIpc) is 3.52. The lowest BCUT2D eigenvalue weighted by molar-refractivity contribution is -0.138. The van der Waals surface area contributed by atoms with Crippen molar-refractivity contribution in [3.63, 3.8) is 0 Å². The number of methoxy groups -OCH3 is 6. The molecule has 0 bridgehead atoms. The van der Waals surface area contributed by atoms with E-state index in [4.69, 9.17) is 28.4 Å². The molecular formula is C35H33NO11S3. The molecular weight excluding hydrogens is 707 g/mol. The molecule has 2 aromatic rings. The van der Waals surface area contributed by atoms with Crippen molar-refractivity contribution >= 4 is 82.4 Å². The van der Waals surface area contributed by atoms with Crippen LogP contribution < -0.4 is 14.4 Å². The average molecular weight is 740 g/mol. The molecule has 2 aromatic carbocycles. The highest BCUT2D eigenvalue weighted by molar-refractivity contribution is 8.26. The molecule has 0 N–H and O–H groups in total. The molecule has 5 rings (SSSR count). The Balaban J connectivity index is 1.81. The van der Waals surface area contributed by atoms with Crippen LogP contribution in [-0.4, -0.2) is 82.1 Å². The first-order valence-electron chi connectivity index (χ1n) is 14.8. The number of anilines is 1. The quantitative estimate of drug-likeness (QED) is 0.195. The molecule has 3 aliphatic heterocycles. The Morgan fingerprint density at radius 2 is 1.20 bits per heavy atom. The van der Waals surface area contributed by atoms with Crippen LogP contribution in [0.3, 0.4) is 0 Å². The van der Waals surface area contributed by atoms with Crippen molar-refractivity contribution in [2.24, 2.45) is 0 Å². The number of rotatable bonds is 8. The number of hydrogen-bond donors (Lipinski definition) is 0. The topological polar surface area (TPSA) is 144 Å². The van der Waals surface area contributed by atoms with E-state index in [-0.39, 0.29) is 20.3 Å². The first-order chi connectivity index (χ1) is 23.8. The van der Waals surface area contributed by atoms with Crippen LogP contribution in [0.15, 0.2) is 73.7 Å². The maximum Gasteiger partial charge on any atom is 0.345 e. The van der Waals surface area contributed by atoms with Gasteiger partial charge in [0.2, 0.25) is 0 Å². The van der Waals surface area contributed by atoms with Crippen molar-refractivity contribution in [3.05, 3.63) is 84.9 Å². The van der Waals surface area contributed by atoms with E-state index in [1.54, 1.807) is 62.3 Å². The number of fused-ring (bicyclic) bond motifs is 3. The standard InChI is InChI=1S/C35H33NO11S3/c1-34(2)29-24(21-17-20(43-4)14-15-22(21)36(34)23(37)16-11-18-9-12-19(42-3)13-10-18)35(25(30(38)44-5)26(48-29)31(39)45-6)49-27(32(40)46-7)28(50-35)33(41)47-8/h9-17H,1-8H3. The van der Waals surface area contributed by atoms with Gasteiger partial charge in [-0.2, -0.15) is 0 Å². The Morgan fingerprint density at radius 1 is 0.680 bits per heavy atom. The minimum absolute atomic E-state index is 0.142. The van der Waals surface area contributed by atoms with Crippen molar-refractivity contribution in [3.8, 4) is 11.5 Å². The molecule has 0 fully saturated rings. The monoisotopic (exact) mass is 739 g/mol. The summed E-state index contributed by atoms with van der Waals surface area (Å²) in [5.74, 6) is -2.78. The Kier molecular flexibility index (Phi) is 10.5. The Morgan fingerprint density at radius 3 is 1.72 bits per heavy atom. The summed E-state index contributed by atoms with van der Waals surface area (Å²) in [4.78, 5) is 69.8. The molecule has 0 aromatic heterocycles. The van der Waals surface area contributed by atoms with Crippen LogP contribution >= 0.6 is 35.3 Å². The van der Waals surface area contributed by atoms with Crippen LogP contribution in [0.1, 0.15) is 25.0 Å². The molecule has 262 valence electrons. The summed E-state index contributed by atoms with van der Waals surface area (Å²) < 4.78 is 29.6. The van der Waals surface area contributed by atoms with Crippen LogP contribution in [-0.2, 0) is 42.9 Å². The van der Waals surface area contributed by atoms with Gasteiger partial charge in [-0.15, -0.1) is 0 Å². The molecule has 1 spiro atoms. The smallest absolute Gasteiger partial charge is 0.345 e. The normalized spacial score (nSPS) is 17.3. The molecule has 0 unspecified atom stereocenters. The van der Waals surface area contributed by atoms with E-state index in [0.717, 1.165) is 62.2 Å². The van der Waals surface area contributed by atoms with Crippen molar-refractivity contribution < 1.29 is 52.4 Å². The number of hydrogen-bond acceptors (Lipinski definition) is 14. The van der Waals surface area contributed by atoms with Gasteiger partial charge in [-0.05, 0) is 55.8 Å². The Hall–Kier alpha value is -4.60. The highest BCUT2D eigenvalue weighted by Crippen LogP contribution is 2.71. The third kappa shape index (κ3) is 6.07. The van der Waals surface area contributed by atoms with E-state index < -0.39 is 39.4 Å². The van der Waals surface area contributed by atoms with Gasteiger partial charge in [0.1, 0.15) is 30.3 Å². The number of nitrogens with zero attached hydrogens (tertiary/aromatic N) is 1. The van der Waals surface area contributed by atoms with Gasteiger partial charge in [-0.25, -0.2) is 19.2 Å². The predicted octanol–water partition coefficient (Wildman–Crippen LogP) is 5.33. The zero-order chi connectivity index (χ0) is 36.5. The van der Waals surface area contributed by atoms with Gasteiger partial charge >= 0.3 is 23.9 Å². The summed E-state index contributed by atoms with van der Waals surface area (Å²) in [6.07, 6.45) is 3.11. The molecule has 50 heavy (non-hydrogen) atoms. The van der Waals surface area contributed by atoms with E-state index in [9.17, 15) is 24.0 Å². The zero-order valence-corrected chi connectivity index (χ0v) is 30.8. The van der Waals surface area contributed by atoms with Crippen LogP contribution in [0.25, 0.3) is 11.6 Å². The summed E-state index contributed by atoms with van der Waals surface area (Å²) in [6.45, 7) is 3.60. The van der Waals surface area contributed by atoms with Crippen LogP contribution in [0.5, 0.6) is 11.5 Å². The minimum Gasteiger partial charge on any atom is -0.497 e. The zero-order valence-electron chi connectivity index (χ0n) is 28.4. The highest BCUT2D eigenvalue weighted by Gasteiger charge is 2.61. The fourth-order valence-corrected chi connectivity index (χ4v) is 10.8. The van der Waals surface area contributed by atoms with Gasteiger partial charge in [-0.3, -0.25) is 9.69 Å². The molecule has 0 saturated carbocycles. The number of thioether (sulfide) groups is 3. The first kappa shape index (κ1) is 36.7. The number of carbonyl (C=O) groups excluding carboxylic acids is 5. The van der Waals surface area contributed by atoms with E-state index in [1.807, 2.05) is 12.1 Å². The number of ether oxygens (including phenoxy) is 6. The fraction of sp³-hybridized carbons (Fsp3) is 0.286. The lowest BCUT2D eigenvalue weighted by atomic mass is 9.83. The molecule has 1 amide bonds. The number of esters is 4. The van der Waals surface area contributed by atoms with Crippen molar-refractivity contribution in [1.29, 1.82) is 0 Å². The van der Waals surface area contributed by atoms with Crippen molar-refractivity contribution in [2.45, 2.75) is 23.5 Å². The summed E-state index contributed by atoms with van der Waals surface area (Å²) in [5, 5.41) is 0. The molecule has 0 atom stereocenters. The summed E-state index contributed by atoms with van der Waals surface area (Å²) in [7, 11) is 7.69. The van der Waals surface area contributed by atoms with E-state index >= 15 is 0 Å². The van der Waals surface area contributed by atoms with Gasteiger partial charge < -0.3 is 28.4 Å². The van der Waals surface area contributed by atoms with Crippen LogP contribution in [0.4, 0.5) is 5.69 Å². The lowest BCUT2D eigenvalue weighted by Crippen LogP contribution is -2.53.